The Morgan fingerprint density at radius 2 is 2.00 bits per heavy atom. The molecular formula is C13H18N2O5. The Kier molecular flexibility index (Phi) is 5.04. The van der Waals surface area contributed by atoms with Gasteiger partial charge in [0.1, 0.15) is 5.56 Å². The number of nitro groups is 1. The van der Waals surface area contributed by atoms with Crippen molar-refractivity contribution in [1.29, 1.82) is 0 Å². The van der Waals surface area contributed by atoms with Gasteiger partial charge in [0.15, 0.2) is 0 Å². The summed E-state index contributed by atoms with van der Waals surface area (Å²) < 4.78 is 0. The molecule has 20 heavy (non-hydrogen) atoms. The maximum absolute atomic E-state index is 10.9. The lowest BCUT2D eigenvalue weighted by Crippen LogP contribution is -2.35. The van der Waals surface area contributed by atoms with Gasteiger partial charge in [0.25, 0.3) is 5.69 Å². The monoisotopic (exact) mass is 282 g/mol. The molecule has 1 aromatic rings. The first-order valence-corrected chi connectivity index (χ1v) is 6.31. The smallest absolute Gasteiger partial charge is 0.342 e. The van der Waals surface area contributed by atoms with Gasteiger partial charge >= 0.3 is 5.97 Å². The maximum Gasteiger partial charge on any atom is 0.342 e. The second-order valence-corrected chi connectivity index (χ2v) is 4.58. The highest BCUT2D eigenvalue weighted by Gasteiger charge is 2.23. The van der Waals surface area contributed by atoms with Crippen molar-refractivity contribution < 1.29 is 19.9 Å². The van der Waals surface area contributed by atoms with Gasteiger partial charge < -0.3 is 15.5 Å². The number of hydrogen-bond acceptors (Lipinski definition) is 5. The number of carboxylic acids is 1. The summed E-state index contributed by atoms with van der Waals surface area (Å²) in [6.07, 6.45) is 1.09. The van der Waals surface area contributed by atoms with Crippen molar-refractivity contribution in [2.45, 2.75) is 32.3 Å². The number of benzene rings is 1. The number of anilines is 1. The molecule has 0 spiro atoms. The standard InChI is InChI=1S/C13H18N2O5/c1-3-13(18,4-2)8-14-9-5-6-10(12(16)17)11(7-9)15(19)20/h5-7,14,18H,3-4,8H2,1-2H3,(H,16,17). The summed E-state index contributed by atoms with van der Waals surface area (Å²) in [5, 5.41) is 32.8. The van der Waals surface area contributed by atoms with Crippen LogP contribution in [0, 0.1) is 10.1 Å². The van der Waals surface area contributed by atoms with Crippen molar-refractivity contribution in [3.05, 3.63) is 33.9 Å². The fourth-order valence-corrected chi connectivity index (χ4v) is 1.74. The zero-order valence-electron chi connectivity index (χ0n) is 11.4. The number of aromatic carboxylic acids is 1. The molecular weight excluding hydrogens is 264 g/mol. The van der Waals surface area contributed by atoms with Gasteiger partial charge in [-0.15, -0.1) is 0 Å². The lowest BCUT2D eigenvalue weighted by Gasteiger charge is -2.25. The van der Waals surface area contributed by atoms with E-state index in [0.29, 0.717) is 18.5 Å². The SMILES string of the molecule is CCC(O)(CC)CNc1ccc(C(=O)O)c([N+](=O)[O-])c1. The molecule has 0 saturated heterocycles. The highest BCUT2D eigenvalue weighted by Crippen LogP contribution is 2.24. The minimum atomic E-state index is -1.35. The van der Waals surface area contributed by atoms with Crippen molar-refractivity contribution in [1.82, 2.24) is 0 Å². The van der Waals surface area contributed by atoms with Crippen molar-refractivity contribution >= 4 is 17.3 Å². The molecule has 0 aliphatic rings. The number of rotatable bonds is 7. The zero-order chi connectivity index (χ0) is 15.3. The van der Waals surface area contributed by atoms with Gasteiger partial charge in [0, 0.05) is 18.3 Å². The third kappa shape index (κ3) is 3.67. The molecule has 1 aromatic carbocycles. The van der Waals surface area contributed by atoms with Crippen LogP contribution in [-0.2, 0) is 0 Å². The number of carbonyl (C=O) groups is 1. The highest BCUT2D eigenvalue weighted by atomic mass is 16.6. The van der Waals surface area contributed by atoms with Crippen molar-refractivity contribution in [2.24, 2.45) is 0 Å². The fraction of sp³-hybridized carbons (Fsp3) is 0.462. The zero-order valence-corrected chi connectivity index (χ0v) is 11.4. The third-order valence-corrected chi connectivity index (χ3v) is 3.36. The van der Waals surface area contributed by atoms with Gasteiger partial charge in [-0.3, -0.25) is 10.1 Å². The molecule has 0 atom stereocenters. The second-order valence-electron chi connectivity index (χ2n) is 4.58. The molecule has 0 bridgehead atoms. The quantitative estimate of drug-likeness (QED) is 0.522. The number of aliphatic hydroxyl groups is 1. The second kappa shape index (κ2) is 6.33. The van der Waals surface area contributed by atoms with E-state index >= 15 is 0 Å². The summed E-state index contributed by atoms with van der Waals surface area (Å²) in [6, 6.07) is 3.79. The van der Waals surface area contributed by atoms with E-state index in [2.05, 4.69) is 5.32 Å². The minimum absolute atomic E-state index is 0.240. The van der Waals surface area contributed by atoms with E-state index in [1.165, 1.54) is 12.1 Å². The number of nitrogens with zero attached hydrogens (tertiary/aromatic N) is 1. The van der Waals surface area contributed by atoms with Gasteiger partial charge in [-0.25, -0.2) is 4.79 Å². The average Bonchev–Trinajstić information content (AvgIpc) is 2.44. The molecule has 0 aliphatic carbocycles. The predicted octanol–water partition coefficient (Wildman–Crippen LogP) is 2.26. The van der Waals surface area contributed by atoms with Crippen LogP contribution >= 0.6 is 0 Å². The Balaban J connectivity index is 2.96. The van der Waals surface area contributed by atoms with E-state index in [1.807, 2.05) is 13.8 Å². The third-order valence-electron chi connectivity index (χ3n) is 3.36. The normalized spacial score (nSPS) is 11.2. The fourth-order valence-electron chi connectivity index (χ4n) is 1.74. The van der Waals surface area contributed by atoms with E-state index in [4.69, 9.17) is 5.11 Å². The van der Waals surface area contributed by atoms with Crippen LogP contribution in [0.4, 0.5) is 11.4 Å². The predicted molar refractivity (Wildman–Crippen MR) is 74.1 cm³/mol. The molecule has 110 valence electrons. The summed E-state index contributed by atoms with van der Waals surface area (Å²) in [7, 11) is 0. The topological polar surface area (TPSA) is 113 Å². The van der Waals surface area contributed by atoms with Crippen molar-refractivity contribution in [3.8, 4) is 0 Å². The molecule has 7 heteroatoms. The van der Waals surface area contributed by atoms with Crippen molar-refractivity contribution in [3.63, 3.8) is 0 Å². The van der Waals surface area contributed by atoms with Crippen LogP contribution in [0.1, 0.15) is 37.0 Å². The van der Waals surface area contributed by atoms with Crippen LogP contribution in [0.15, 0.2) is 18.2 Å². The molecule has 0 amide bonds. The van der Waals surface area contributed by atoms with E-state index in [0.717, 1.165) is 6.07 Å². The molecule has 3 N–H and O–H groups in total. The number of carboxylic acid groups (broad SMARTS) is 1. The van der Waals surface area contributed by atoms with Crippen LogP contribution in [-0.4, -0.2) is 33.3 Å². The summed E-state index contributed by atoms with van der Waals surface area (Å²) in [6.45, 7) is 3.94. The van der Waals surface area contributed by atoms with Gasteiger partial charge in [-0.1, -0.05) is 13.8 Å². The number of hydrogen-bond donors (Lipinski definition) is 3. The molecule has 0 saturated carbocycles. The first kappa shape index (κ1) is 15.9. The Morgan fingerprint density at radius 3 is 2.45 bits per heavy atom. The van der Waals surface area contributed by atoms with E-state index in [1.54, 1.807) is 0 Å². The maximum atomic E-state index is 10.9. The van der Waals surface area contributed by atoms with Gasteiger partial charge in [-0.2, -0.15) is 0 Å². The number of nitro benzene ring substituents is 1. The first-order chi connectivity index (χ1) is 9.33. The van der Waals surface area contributed by atoms with E-state index < -0.39 is 22.2 Å². The van der Waals surface area contributed by atoms with Crippen LogP contribution in [0.3, 0.4) is 0 Å². The number of nitrogens with one attached hydrogen (secondary N) is 1. The molecule has 0 heterocycles. The van der Waals surface area contributed by atoms with Crippen LogP contribution < -0.4 is 5.32 Å². The first-order valence-electron chi connectivity index (χ1n) is 6.31. The molecule has 0 aromatic heterocycles. The highest BCUT2D eigenvalue weighted by molar-refractivity contribution is 5.93. The lowest BCUT2D eigenvalue weighted by molar-refractivity contribution is -0.385. The molecule has 0 fully saturated rings. The summed E-state index contributed by atoms with van der Waals surface area (Å²) in [4.78, 5) is 21.0. The van der Waals surface area contributed by atoms with E-state index in [9.17, 15) is 20.0 Å². The minimum Gasteiger partial charge on any atom is -0.477 e. The van der Waals surface area contributed by atoms with Gasteiger partial charge in [0.2, 0.25) is 0 Å². The van der Waals surface area contributed by atoms with Crippen molar-refractivity contribution in [2.75, 3.05) is 11.9 Å². The Bertz CT molecular complexity index is 511. The molecule has 0 aliphatic heterocycles. The molecule has 0 radical (unpaired) electrons. The Labute approximate surface area is 116 Å². The molecule has 7 nitrogen and oxygen atoms in total. The van der Waals surface area contributed by atoms with Gasteiger partial charge in [0.05, 0.1) is 10.5 Å². The van der Waals surface area contributed by atoms with Gasteiger partial charge in [-0.05, 0) is 25.0 Å². The lowest BCUT2D eigenvalue weighted by atomic mass is 9.97. The summed E-state index contributed by atoms with van der Waals surface area (Å²) >= 11 is 0. The molecule has 0 unspecified atom stereocenters. The summed E-state index contributed by atoms with van der Waals surface area (Å²) in [5.41, 5.74) is -1.32. The molecule has 1 rings (SSSR count). The summed E-state index contributed by atoms with van der Waals surface area (Å²) in [5.74, 6) is -1.35. The Morgan fingerprint density at radius 1 is 1.40 bits per heavy atom. The Hall–Kier alpha value is -2.15. The largest absolute Gasteiger partial charge is 0.477 e. The van der Waals surface area contributed by atoms with Crippen LogP contribution in [0.25, 0.3) is 0 Å². The van der Waals surface area contributed by atoms with Crippen LogP contribution in [0.2, 0.25) is 0 Å². The van der Waals surface area contributed by atoms with E-state index in [-0.39, 0.29) is 12.1 Å². The average molecular weight is 282 g/mol. The van der Waals surface area contributed by atoms with Crippen LogP contribution in [0.5, 0.6) is 0 Å².